The van der Waals surface area contributed by atoms with Gasteiger partial charge in [-0.25, -0.2) is 0 Å². The van der Waals surface area contributed by atoms with Gasteiger partial charge in [0, 0.05) is 13.0 Å². The maximum absolute atomic E-state index is 10.8. The molecule has 0 fully saturated rings. The summed E-state index contributed by atoms with van der Waals surface area (Å²) >= 11 is 0. The average Bonchev–Trinajstić information content (AvgIpc) is 2.10. The standard InChI is InChI=1S/C9H14N2O4/c1-4(12)11-8-6(10)2-5(9(14)15)3-7(8)13/h3,6-8,13H,2,10H2,1H3,(H,11,12)(H,14,15)/p-1/t6-,7+,8+/m0/s1. The predicted molar refractivity (Wildman–Crippen MR) is 49.3 cm³/mol. The number of carbonyl (C=O) groups excluding carboxylic acids is 2. The lowest BCUT2D eigenvalue weighted by atomic mass is 9.88. The molecule has 0 bridgehead atoms. The monoisotopic (exact) mass is 213 g/mol. The Morgan fingerprint density at radius 2 is 2.27 bits per heavy atom. The van der Waals surface area contributed by atoms with Crippen LogP contribution in [-0.4, -0.2) is 35.2 Å². The van der Waals surface area contributed by atoms with E-state index in [0.29, 0.717) is 0 Å². The molecule has 0 saturated heterocycles. The summed E-state index contributed by atoms with van der Waals surface area (Å²) in [6.07, 6.45) is 0.134. The van der Waals surface area contributed by atoms with Crippen LogP contribution >= 0.6 is 0 Å². The van der Waals surface area contributed by atoms with Crippen LogP contribution in [0.5, 0.6) is 0 Å². The summed E-state index contributed by atoms with van der Waals surface area (Å²) in [6, 6.07) is -1.27. The lowest BCUT2D eigenvalue weighted by molar-refractivity contribution is -0.299. The summed E-state index contributed by atoms with van der Waals surface area (Å²) in [6.45, 7) is 1.30. The first kappa shape index (κ1) is 11.7. The highest BCUT2D eigenvalue weighted by Crippen LogP contribution is 2.17. The molecule has 0 unspecified atom stereocenters. The second-order valence-electron chi connectivity index (χ2n) is 3.56. The molecule has 0 aromatic carbocycles. The Hall–Kier alpha value is -1.40. The van der Waals surface area contributed by atoms with Crippen molar-refractivity contribution < 1.29 is 19.8 Å². The van der Waals surface area contributed by atoms with Crippen LogP contribution in [0.15, 0.2) is 11.6 Å². The Morgan fingerprint density at radius 1 is 1.67 bits per heavy atom. The Balaban J connectivity index is 2.80. The molecule has 1 aliphatic rings. The molecule has 0 aliphatic heterocycles. The highest BCUT2D eigenvalue weighted by molar-refractivity contribution is 5.85. The number of hydrogen-bond acceptors (Lipinski definition) is 5. The smallest absolute Gasteiger partial charge is 0.217 e. The fourth-order valence-electron chi connectivity index (χ4n) is 1.59. The fourth-order valence-corrected chi connectivity index (χ4v) is 1.59. The van der Waals surface area contributed by atoms with E-state index in [0.717, 1.165) is 6.08 Å². The number of aliphatic carboxylic acids is 1. The maximum atomic E-state index is 10.8. The molecule has 1 amide bonds. The number of amides is 1. The molecule has 0 radical (unpaired) electrons. The van der Waals surface area contributed by atoms with E-state index in [2.05, 4.69) is 5.32 Å². The van der Waals surface area contributed by atoms with Crippen LogP contribution in [0.25, 0.3) is 0 Å². The second kappa shape index (κ2) is 4.41. The number of hydrogen-bond donors (Lipinski definition) is 3. The van der Waals surface area contributed by atoms with Crippen LogP contribution in [0.2, 0.25) is 0 Å². The first-order chi connectivity index (χ1) is 6.91. The molecule has 3 atom stereocenters. The van der Waals surface area contributed by atoms with E-state index in [1.165, 1.54) is 6.92 Å². The number of carbonyl (C=O) groups is 2. The second-order valence-corrected chi connectivity index (χ2v) is 3.56. The highest BCUT2D eigenvalue weighted by Gasteiger charge is 2.30. The Bertz CT molecular complexity index is 313. The Labute approximate surface area is 86.8 Å². The quantitative estimate of drug-likeness (QED) is 0.460. The van der Waals surface area contributed by atoms with E-state index >= 15 is 0 Å². The van der Waals surface area contributed by atoms with Gasteiger partial charge in [0.15, 0.2) is 0 Å². The van der Waals surface area contributed by atoms with E-state index in [9.17, 15) is 19.8 Å². The highest BCUT2D eigenvalue weighted by atomic mass is 16.4. The van der Waals surface area contributed by atoms with E-state index < -0.39 is 24.2 Å². The number of carboxylic acids is 1. The molecule has 0 spiro atoms. The van der Waals surface area contributed by atoms with Crippen molar-refractivity contribution in [2.45, 2.75) is 31.5 Å². The number of rotatable bonds is 2. The van der Waals surface area contributed by atoms with Gasteiger partial charge in [0.25, 0.3) is 0 Å². The molecule has 6 nitrogen and oxygen atoms in total. The molecule has 84 valence electrons. The zero-order chi connectivity index (χ0) is 11.6. The van der Waals surface area contributed by atoms with Crippen molar-refractivity contribution in [3.63, 3.8) is 0 Å². The summed E-state index contributed by atoms with van der Waals surface area (Å²) in [5, 5.41) is 22.6. The predicted octanol–water partition coefficient (Wildman–Crippen LogP) is -2.74. The zero-order valence-electron chi connectivity index (χ0n) is 8.27. The third-order valence-corrected chi connectivity index (χ3v) is 2.29. The zero-order valence-corrected chi connectivity index (χ0v) is 8.27. The average molecular weight is 213 g/mol. The van der Waals surface area contributed by atoms with Gasteiger partial charge in [-0.05, 0) is 18.1 Å². The van der Waals surface area contributed by atoms with E-state index in [4.69, 9.17) is 5.73 Å². The van der Waals surface area contributed by atoms with Crippen molar-refractivity contribution in [2.24, 2.45) is 5.73 Å². The van der Waals surface area contributed by atoms with E-state index in [1.54, 1.807) is 0 Å². The maximum Gasteiger partial charge on any atom is 0.217 e. The first-order valence-corrected chi connectivity index (χ1v) is 4.54. The van der Waals surface area contributed by atoms with E-state index in [-0.39, 0.29) is 17.9 Å². The molecular formula is C9H13N2O4-. The molecule has 1 aliphatic carbocycles. The molecule has 4 N–H and O–H groups in total. The van der Waals surface area contributed by atoms with Gasteiger partial charge >= 0.3 is 0 Å². The van der Waals surface area contributed by atoms with Crippen LogP contribution in [0, 0.1) is 0 Å². The third-order valence-electron chi connectivity index (χ3n) is 2.29. The molecule has 6 heteroatoms. The molecule has 0 saturated carbocycles. The minimum atomic E-state index is -1.34. The van der Waals surface area contributed by atoms with Crippen molar-refractivity contribution in [2.75, 3.05) is 0 Å². The minimum Gasteiger partial charge on any atom is -0.545 e. The largest absolute Gasteiger partial charge is 0.545 e. The summed E-state index contributed by atoms with van der Waals surface area (Å²) in [5.74, 6) is -1.66. The molecule has 0 heterocycles. The molecular weight excluding hydrogens is 200 g/mol. The van der Waals surface area contributed by atoms with Crippen LogP contribution in [-0.2, 0) is 9.59 Å². The van der Waals surface area contributed by atoms with Crippen LogP contribution in [0.1, 0.15) is 13.3 Å². The van der Waals surface area contributed by atoms with Gasteiger partial charge in [-0.2, -0.15) is 0 Å². The fraction of sp³-hybridized carbons (Fsp3) is 0.556. The van der Waals surface area contributed by atoms with Crippen LogP contribution in [0.3, 0.4) is 0 Å². The molecule has 15 heavy (non-hydrogen) atoms. The lowest BCUT2D eigenvalue weighted by Gasteiger charge is -2.33. The Kier molecular flexibility index (Phi) is 3.43. The summed E-state index contributed by atoms with van der Waals surface area (Å²) in [7, 11) is 0. The van der Waals surface area contributed by atoms with Gasteiger partial charge in [0.1, 0.15) is 0 Å². The SMILES string of the molecule is CC(=O)N[C@H]1[C@H](O)C=C(C(=O)[O-])C[C@@H]1N. The van der Waals surface area contributed by atoms with Crippen molar-refractivity contribution in [1.82, 2.24) is 5.32 Å². The van der Waals surface area contributed by atoms with Gasteiger partial charge in [0.2, 0.25) is 5.91 Å². The van der Waals surface area contributed by atoms with Crippen LogP contribution in [0.4, 0.5) is 0 Å². The van der Waals surface area contributed by atoms with Crippen LogP contribution < -0.4 is 16.2 Å². The van der Waals surface area contributed by atoms with Gasteiger partial charge in [-0.1, -0.05) is 0 Å². The molecule has 0 aromatic rings. The molecule has 0 aromatic heterocycles. The van der Waals surface area contributed by atoms with Gasteiger partial charge in [-0.3, -0.25) is 4.79 Å². The molecule has 1 rings (SSSR count). The third kappa shape index (κ3) is 2.77. The van der Waals surface area contributed by atoms with Crippen molar-refractivity contribution in [3.8, 4) is 0 Å². The Morgan fingerprint density at radius 3 is 2.67 bits per heavy atom. The number of nitrogens with one attached hydrogen (secondary N) is 1. The summed E-state index contributed by atoms with van der Waals surface area (Å²) < 4.78 is 0. The summed E-state index contributed by atoms with van der Waals surface area (Å²) in [5.41, 5.74) is 5.61. The number of carboxylic acid groups (broad SMARTS) is 1. The van der Waals surface area contributed by atoms with E-state index in [1.807, 2.05) is 0 Å². The normalized spacial score (nSPS) is 30.6. The topological polar surface area (TPSA) is 115 Å². The number of aliphatic hydroxyl groups excluding tert-OH is 1. The summed E-state index contributed by atoms with van der Waals surface area (Å²) in [4.78, 5) is 21.3. The van der Waals surface area contributed by atoms with Crippen molar-refractivity contribution in [3.05, 3.63) is 11.6 Å². The van der Waals surface area contributed by atoms with Gasteiger partial charge in [-0.15, -0.1) is 0 Å². The number of aliphatic hydroxyl groups is 1. The van der Waals surface area contributed by atoms with Gasteiger partial charge in [0.05, 0.1) is 18.1 Å². The van der Waals surface area contributed by atoms with Crippen molar-refractivity contribution in [1.29, 1.82) is 0 Å². The lowest BCUT2D eigenvalue weighted by Crippen LogP contribution is -2.56. The first-order valence-electron chi connectivity index (χ1n) is 4.54. The minimum absolute atomic E-state index is 0.0309. The van der Waals surface area contributed by atoms with Crippen molar-refractivity contribution >= 4 is 11.9 Å². The number of nitrogens with two attached hydrogens (primary N) is 1. The van der Waals surface area contributed by atoms with Gasteiger partial charge < -0.3 is 26.1 Å².